The number of hydrogen-bond donors (Lipinski definition) is 0. The van der Waals surface area contributed by atoms with E-state index in [0.29, 0.717) is 0 Å². The van der Waals surface area contributed by atoms with Crippen molar-refractivity contribution in [1.82, 2.24) is 0 Å². The molecule has 1 aromatic carbocycles. The van der Waals surface area contributed by atoms with Crippen LogP contribution in [0.4, 0.5) is 0 Å². The molecule has 0 nitrogen and oxygen atoms in total. The monoisotopic (exact) mass is 208 g/mol. The summed E-state index contributed by atoms with van der Waals surface area (Å²) < 4.78 is 0. The lowest BCUT2D eigenvalue weighted by atomic mass is 9.97. The summed E-state index contributed by atoms with van der Waals surface area (Å²) in [5.74, 6) is 0.820. The lowest BCUT2D eigenvalue weighted by Gasteiger charge is -2.09. The molecule has 0 aliphatic rings. The second kappa shape index (κ2) is 6.13. The SMILES string of the molecule is CCCC(C)Cc1ccc(SC)cc1. The number of thioether (sulfide) groups is 1. The molecule has 0 bridgehead atoms. The molecule has 0 radical (unpaired) electrons. The first-order valence-corrected chi connectivity index (χ1v) is 6.61. The second-order valence-corrected chi connectivity index (χ2v) is 4.83. The second-order valence-electron chi connectivity index (χ2n) is 3.95. The molecule has 0 aliphatic heterocycles. The van der Waals surface area contributed by atoms with Crippen molar-refractivity contribution in [3.8, 4) is 0 Å². The maximum Gasteiger partial charge on any atom is 0.00693 e. The Morgan fingerprint density at radius 3 is 2.36 bits per heavy atom. The van der Waals surface area contributed by atoms with Gasteiger partial charge in [-0.25, -0.2) is 0 Å². The van der Waals surface area contributed by atoms with Gasteiger partial charge in [0.15, 0.2) is 0 Å². The third-order valence-electron chi connectivity index (χ3n) is 2.52. The fourth-order valence-corrected chi connectivity index (χ4v) is 2.17. The Morgan fingerprint density at radius 2 is 1.86 bits per heavy atom. The summed E-state index contributed by atoms with van der Waals surface area (Å²) in [7, 11) is 0. The third kappa shape index (κ3) is 3.75. The fraction of sp³-hybridized carbons (Fsp3) is 0.538. The highest BCUT2D eigenvalue weighted by Gasteiger charge is 2.02. The van der Waals surface area contributed by atoms with Crippen LogP contribution in [0.5, 0.6) is 0 Å². The lowest BCUT2D eigenvalue weighted by Crippen LogP contribution is -1.98. The molecular weight excluding hydrogens is 188 g/mol. The van der Waals surface area contributed by atoms with E-state index in [9.17, 15) is 0 Å². The Kier molecular flexibility index (Phi) is 5.10. The van der Waals surface area contributed by atoms with Gasteiger partial charge >= 0.3 is 0 Å². The molecule has 0 aliphatic carbocycles. The van der Waals surface area contributed by atoms with Gasteiger partial charge in [0.05, 0.1) is 0 Å². The van der Waals surface area contributed by atoms with Gasteiger partial charge < -0.3 is 0 Å². The Bertz CT molecular complexity index is 250. The normalized spacial score (nSPS) is 12.8. The van der Waals surface area contributed by atoms with Crippen molar-refractivity contribution in [2.24, 2.45) is 5.92 Å². The number of benzene rings is 1. The molecule has 1 atom stereocenters. The molecule has 0 saturated heterocycles. The standard InChI is InChI=1S/C13H20S/c1-4-5-11(2)10-12-6-8-13(14-3)9-7-12/h6-9,11H,4-5,10H2,1-3H3. The first-order valence-electron chi connectivity index (χ1n) is 5.39. The zero-order valence-electron chi connectivity index (χ0n) is 9.42. The van der Waals surface area contributed by atoms with E-state index in [2.05, 4.69) is 44.4 Å². The fourth-order valence-electron chi connectivity index (χ4n) is 1.76. The summed E-state index contributed by atoms with van der Waals surface area (Å²) in [4.78, 5) is 1.36. The Balaban J connectivity index is 2.50. The highest BCUT2D eigenvalue weighted by atomic mass is 32.2. The van der Waals surface area contributed by atoms with Crippen LogP contribution in [0.3, 0.4) is 0 Å². The van der Waals surface area contributed by atoms with Crippen LogP contribution in [0.15, 0.2) is 29.2 Å². The number of rotatable bonds is 5. The molecule has 0 saturated carbocycles. The van der Waals surface area contributed by atoms with Crippen molar-refractivity contribution < 1.29 is 0 Å². The molecule has 0 spiro atoms. The van der Waals surface area contributed by atoms with E-state index >= 15 is 0 Å². The Hall–Kier alpha value is -0.430. The predicted molar refractivity (Wildman–Crippen MR) is 66.0 cm³/mol. The van der Waals surface area contributed by atoms with Crippen LogP contribution in [-0.4, -0.2) is 6.26 Å². The first kappa shape index (κ1) is 11.6. The van der Waals surface area contributed by atoms with Crippen LogP contribution in [0.1, 0.15) is 32.3 Å². The Labute approximate surface area is 92.1 Å². The zero-order valence-corrected chi connectivity index (χ0v) is 10.2. The van der Waals surface area contributed by atoms with Crippen molar-refractivity contribution >= 4 is 11.8 Å². The predicted octanol–water partition coefficient (Wildman–Crippen LogP) is 4.39. The maximum atomic E-state index is 2.34. The summed E-state index contributed by atoms with van der Waals surface area (Å²) in [6.45, 7) is 4.60. The minimum Gasteiger partial charge on any atom is -0.130 e. The highest BCUT2D eigenvalue weighted by molar-refractivity contribution is 7.98. The van der Waals surface area contributed by atoms with Crippen molar-refractivity contribution in [3.63, 3.8) is 0 Å². The van der Waals surface area contributed by atoms with Crippen molar-refractivity contribution in [1.29, 1.82) is 0 Å². The lowest BCUT2D eigenvalue weighted by molar-refractivity contribution is 0.522. The summed E-state index contributed by atoms with van der Waals surface area (Å²) >= 11 is 1.81. The summed E-state index contributed by atoms with van der Waals surface area (Å²) in [6.07, 6.45) is 5.98. The summed E-state index contributed by atoms with van der Waals surface area (Å²) in [5, 5.41) is 0. The summed E-state index contributed by atoms with van der Waals surface area (Å²) in [6, 6.07) is 8.97. The van der Waals surface area contributed by atoms with Gasteiger partial charge in [0, 0.05) is 4.90 Å². The van der Waals surface area contributed by atoms with E-state index in [4.69, 9.17) is 0 Å². The van der Waals surface area contributed by atoms with Crippen molar-refractivity contribution in [3.05, 3.63) is 29.8 Å². The van der Waals surface area contributed by atoms with Gasteiger partial charge in [0.1, 0.15) is 0 Å². The van der Waals surface area contributed by atoms with Crippen LogP contribution in [0, 0.1) is 5.92 Å². The van der Waals surface area contributed by atoms with Crippen LogP contribution in [0.25, 0.3) is 0 Å². The van der Waals surface area contributed by atoms with Crippen LogP contribution in [-0.2, 0) is 6.42 Å². The highest BCUT2D eigenvalue weighted by Crippen LogP contribution is 2.18. The molecule has 1 heteroatoms. The van der Waals surface area contributed by atoms with Gasteiger partial charge in [-0.05, 0) is 36.3 Å². The molecule has 14 heavy (non-hydrogen) atoms. The molecule has 0 aromatic heterocycles. The van der Waals surface area contributed by atoms with E-state index in [1.807, 2.05) is 0 Å². The molecule has 0 amide bonds. The van der Waals surface area contributed by atoms with E-state index in [-0.39, 0.29) is 0 Å². The van der Waals surface area contributed by atoms with E-state index < -0.39 is 0 Å². The van der Waals surface area contributed by atoms with Crippen molar-refractivity contribution in [2.45, 2.75) is 38.0 Å². The maximum absolute atomic E-state index is 2.34. The molecule has 0 heterocycles. The van der Waals surface area contributed by atoms with Gasteiger partial charge in [0.2, 0.25) is 0 Å². The van der Waals surface area contributed by atoms with E-state index in [0.717, 1.165) is 5.92 Å². The first-order chi connectivity index (χ1) is 6.76. The molecular formula is C13H20S. The number of hydrogen-bond acceptors (Lipinski definition) is 1. The minimum atomic E-state index is 0.820. The minimum absolute atomic E-state index is 0.820. The van der Waals surface area contributed by atoms with Gasteiger partial charge in [-0.2, -0.15) is 0 Å². The quantitative estimate of drug-likeness (QED) is 0.647. The molecule has 0 N–H and O–H groups in total. The molecule has 0 fully saturated rings. The third-order valence-corrected chi connectivity index (χ3v) is 3.27. The average molecular weight is 208 g/mol. The van der Waals surface area contributed by atoms with E-state index in [1.165, 1.54) is 29.7 Å². The van der Waals surface area contributed by atoms with Crippen LogP contribution >= 0.6 is 11.8 Å². The Morgan fingerprint density at radius 1 is 1.21 bits per heavy atom. The van der Waals surface area contributed by atoms with Crippen molar-refractivity contribution in [2.75, 3.05) is 6.26 Å². The average Bonchev–Trinajstić information content (AvgIpc) is 2.19. The molecule has 1 rings (SSSR count). The topological polar surface area (TPSA) is 0 Å². The molecule has 1 aromatic rings. The van der Waals surface area contributed by atoms with Gasteiger partial charge in [-0.15, -0.1) is 11.8 Å². The van der Waals surface area contributed by atoms with Gasteiger partial charge in [0.25, 0.3) is 0 Å². The smallest absolute Gasteiger partial charge is 0.00693 e. The summed E-state index contributed by atoms with van der Waals surface area (Å²) in [5.41, 5.74) is 1.48. The molecule has 1 unspecified atom stereocenters. The van der Waals surface area contributed by atoms with Crippen LogP contribution in [0.2, 0.25) is 0 Å². The van der Waals surface area contributed by atoms with Crippen LogP contribution < -0.4 is 0 Å². The van der Waals surface area contributed by atoms with Gasteiger partial charge in [-0.3, -0.25) is 0 Å². The zero-order chi connectivity index (χ0) is 10.4. The molecule has 78 valence electrons. The largest absolute Gasteiger partial charge is 0.130 e. The van der Waals surface area contributed by atoms with E-state index in [1.54, 1.807) is 11.8 Å². The van der Waals surface area contributed by atoms with Gasteiger partial charge in [-0.1, -0.05) is 38.8 Å².